The molecule has 35 heavy (non-hydrogen) atoms. The molecule has 1 unspecified atom stereocenters. The maximum Gasteiger partial charge on any atom is 0.0947 e. The Morgan fingerprint density at radius 2 is 1.46 bits per heavy atom. The summed E-state index contributed by atoms with van der Waals surface area (Å²) in [6.07, 6.45) is 3.69. The van der Waals surface area contributed by atoms with Crippen molar-refractivity contribution in [3.63, 3.8) is 0 Å². The Labute approximate surface area is 212 Å². The van der Waals surface area contributed by atoms with Crippen molar-refractivity contribution in [1.29, 1.82) is 5.26 Å². The summed E-state index contributed by atoms with van der Waals surface area (Å²) in [5.41, 5.74) is 14.1. The first-order chi connectivity index (χ1) is 16.6. The molecule has 3 rings (SSSR count). The van der Waals surface area contributed by atoms with Crippen LogP contribution in [-0.4, -0.2) is 14.1 Å². The molecule has 0 aliphatic rings. The molecule has 2 nitrogen and oxygen atoms in total. The van der Waals surface area contributed by atoms with Gasteiger partial charge in [0, 0.05) is 36.8 Å². The van der Waals surface area contributed by atoms with Crippen LogP contribution in [0.5, 0.6) is 0 Å². The van der Waals surface area contributed by atoms with Crippen LogP contribution in [-0.2, 0) is 6.42 Å². The number of benzene rings is 3. The van der Waals surface area contributed by atoms with Gasteiger partial charge in [-0.3, -0.25) is 0 Å². The number of hydrogen-bond donors (Lipinski definition) is 0. The van der Waals surface area contributed by atoms with Gasteiger partial charge in [-0.15, -0.1) is 6.58 Å². The van der Waals surface area contributed by atoms with Gasteiger partial charge in [0.1, 0.15) is 0 Å². The molecule has 0 N–H and O–H groups in total. The van der Waals surface area contributed by atoms with E-state index in [4.69, 9.17) is 0 Å². The molecular formula is C33H38N2. The lowest BCUT2D eigenvalue weighted by Crippen LogP contribution is -2.16. The minimum Gasteiger partial charge on any atom is -0.377 e. The number of rotatable bonds is 8. The Morgan fingerprint density at radius 3 is 1.91 bits per heavy atom. The van der Waals surface area contributed by atoms with Crippen LogP contribution < -0.4 is 4.90 Å². The van der Waals surface area contributed by atoms with E-state index >= 15 is 0 Å². The van der Waals surface area contributed by atoms with Crippen molar-refractivity contribution in [2.45, 2.75) is 53.4 Å². The van der Waals surface area contributed by atoms with Gasteiger partial charge in [-0.25, -0.2) is 0 Å². The summed E-state index contributed by atoms with van der Waals surface area (Å²) in [6, 6.07) is 18.0. The SMILES string of the molecule is C=CCCc1c(C(C)C(=C)C#N)c(-c2ccc(C)c(C)c2)cc(-c2ccc(C)c(C)c2)c1N(C)C. The Kier molecular flexibility index (Phi) is 8.03. The topological polar surface area (TPSA) is 27.0 Å². The molecule has 2 heteroatoms. The van der Waals surface area contributed by atoms with E-state index in [-0.39, 0.29) is 5.92 Å². The van der Waals surface area contributed by atoms with Gasteiger partial charge in [0.2, 0.25) is 0 Å². The summed E-state index contributed by atoms with van der Waals surface area (Å²) < 4.78 is 0. The molecule has 0 bridgehead atoms. The lowest BCUT2D eigenvalue weighted by atomic mass is 9.79. The van der Waals surface area contributed by atoms with Crippen molar-refractivity contribution in [3.8, 4) is 28.3 Å². The molecule has 0 aromatic heterocycles. The molecule has 0 spiro atoms. The number of nitriles is 1. The van der Waals surface area contributed by atoms with Gasteiger partial charge in [-0.2, -0.15) is 5.26 Å². The highest BCUT2D eigenvalue weighted by Crippen LogP contribution is 2.46. The smallest absolute Gasteiger partial charge is 0.0947 e. The highest BCUT2D eigenvalue weighted by molar-refractivity contribution is 5.89. The summed E-state index contributed by atoms with van der Waals surface area (Å²) in [5.74, 6) is -0.0936. The van der Waals surface area contributed by atoms with E-state index in [0.717, 1.165) is 12.8 Å². The van der Waals surface area contributed by atoms with E-state index in [1.165, 1.54) is 61.3 Å². The number of anilines is 1. The number of aryl methyl sites for hydroxylation is 4. The molecule has 0 fully saturated rings. The van der Waals surface area contributed by atoms with Crippen molar-refractivity contribution >= 4 is 5.69 Å². The predicted octanol–water partition coefficient (Wildman–Crippen LogP) is 8.62. The normalized spacial score (nSPS) is 11.6. The maximum atomic E-state index is 9.77. The second kappa shape index (κ2) is 10.8. The number of nitrogens with zero attached hydrogens (tertiary/aromatic N) is 2. The lowest BCUT2D eigenvalue weighted by Gasteiger charge is -2.29. The van der Waals surface area contributed by atoms with Crippen LogP contribution in [0.2, 0.25) is 0 Å². The first-order valence-corrected chi connectivity index (χ1v) is 12.3. The second-order valence-corrected chi connectivity index (χ2v) is 9.89. The van der Waals surface area contributed by atoms with Crippen molar-refractivity contribution in [2.75, 3.05) is 19.0 Å². The van der Waals surface area contributed by atoms with E-state index in [9.17, 15) is 5.26 Å². The van der Waals surface area contributed by atoms with Gasteiger partial charge in [-0.05, 0) is 96.7 Å². The molecule has 1 atom stereocenters. The van der Waals surface area contributed by atoms with Gasteiger partial charge in [0.25, 0.3) is 0 Å². The monoisotopic (exact) mass is 462 g/mol. The van der Waals surface area contributed by atoms with Gasteiger partial charge >= 0.3 is 0 Å². The van der Waals surface area contributed by atoms with Gasteiger partial charge in [0.05, 0.1) is 6.07 Å². The fraction of sp³-hybridized carbons (Fsp3) is 0.303. The average Bonchev–Trinajstić information content (AvgIpc) is 2.83. The molecule has 0 aliphatic carbocycles. The molecule has 0 aliphatic heterocycles. The molecule has 0 amide bonds. The van der Waals surface area contributed by atoms with Crippen LogP contribution in [0.3, 0.4) is 0 Å². The van der Waals surface area contributed by atoms with Crippen LogP contribution in [0.4, 0.5) is 5.69 Å². The summed E-state index contributed by atoms with van der Waals surface area (Å²) in [7, 11) is 4.22. The number of hydrogen-bond acceptors (Lipinski definition) is 2. The van der Waals surface area contributed by atoms with Crippen LogP contribution in [0.1, 0.15) is 52.6 Å². The molecule has 3 aromatic carbocycles. The van der Waals surface area contributed by atoms with Crippen molar-refractivity contribution in [1.82, 2.24) is 0 Å². The average molecular weight is 463 g/mol. The van der Waals surface area contributed by atoms with E-state index in [2.05, 4.69) is 115 Å². The third kappa shape index (κ3) is 5.25. The zero-order chi connectivity index (χ0) is 25.9. The first kappa shape index (κ1) is 26.0. The third-order valence-corrected chi connectivity index (χ3v) is 7.23. The van der Waals surface area contributed by atoms with Crippen LogP contribution >= 0.6 is 0 Å². The zero-order valence-corrected chi connectivity index (χ0v) is 22.4. The van der Waals surface area contributed by atoms with E-state index in [1.807, 2.05) is 6.08 Å². The molecule has 0 radical (unpaired) electrons. The second-order valence-electron chi connectivity index (χ2n) is 9.89. The Balaban J connectivity index is 2.52. The molecule has 0 saturated carbocycles. The van der Waals surface area contributed by atoms with Gasteiger partial charge in [0.15, 0.2) is 0 Å². The van der Waals surface area contributed by atoms with Crippen molar-refractivity contribution in [3.05, 3.63) is 101 Å². The number of allylic oxidation sites excluding steroid dienone is 2. The molecular weight excluding hydrogens is 424 g/mol. The lowest BCUT2D eigenvalue weighted by molar-refractivity contribution is 0.877. The summed E-state index contributed by atoms with van der Waals surface area (Å²) in [4.78, 5) is 2.22. The van der Waals surface area contributed by atoms with Crippen LogP contribution in [0.25, 0.3) is 22.3 Å². The maximum absolute atomic E-state index is 9.77. The standard InChI is InChI=1S/C33H38N2/c1-10-11-12-29-32(26(7)25(6)20-34)30(27-15-13-21(2)23(4)17-27)19-31(33(29)35(8)9)28-16-14-22(3)24(5)18-28/h10,13-19,26H,1,6,11-12H2,2-5,7-9H3. The Hall–Kier alpha value is -3.57. The quantitative estimate of drug-likeness (QED) is 0.247. The Bertz CT molecular complexity index is 1320. The van der Waals surface area contributed by atoms with Gasteiger partial charge < -0.3 is 4.90 Å². The van der Waals surface area contributed by atoms with E-state index in [0.29, 0.717) is 5.57 Å². The Morgan fingerprint density at radius 1 is 0.914 bits per heavy atom. The fourth-order valence-electron chi connectivity index (χ4n) is 4.80. The summed E-state index contributed by atoms with van der Waals surface area (Å²) >= 11 is 0. The third-order valence-electron chi connectivity index (χ3n) is 7.23. The molecule has 180 valence electrons. The van der Waals surface area contributed by atoms with Gasteiger partial charge in [-0.1, -0.05) is 56.0 Å². The van der Waals surface area contributed by atoms with Crippen molar-refractivity contribution in [2.24, 2.45) is 0 Å². The zero-order valence-electron chi connectivity index (χ0n) is 22.4. The highest BCUT2D eigenvalue weighted by atomic mass is 15.1. The van der Waals surface area contributed by atoms with Crippen LogP contribution in [0.15, 0.2) is 67.3 Å². The predicted molar refractivity (Wildman–Crippen MR) is 152 cm³/mol. The molecule has 3 aromatic rings. The summed E-state index contributed by atoms with van der Waals surface area (Å²) in [5, 5.41) is 9.77. The fourth-order valence-corrected chi connectivity index (χ4v) is 4.80. The molecule has 0 saturated heterocycles. The van der Waals surface area contributed by atoms with Crippen molar-refractivity contribution < 1.29 is 0 Å². The first-order valence-electron chi connectivity index (χ1n) is 12.3. The molecule has 0 heterocycles. The highest BCUT2D eigenvalue weighted by Gasteiger charge is 2.25. The minimum absolute atomic E-state index is 0.0936. The van der Waals surface area contributed by atoms with E-state index in [1.54, 1.807) is 0 Å². The summed E-state index contributed by atoms with van der Waals surface area (Å²) in [6.45, 7) is 18.9. The largest absolute Gasteiger partial charge is 0.377 e. The van der Waals surface area contributed by atoms with E-state index < -0.39 is 0 Å². The minimum atomic E-state index is -0.0936. The van der Waals surface area contributed by atoms with Crippen LogP contribution in [0, 0.1) is 39.0 Å².